The summed E-state index contributed by atoms with van der Waals surface area (Å²) in [5.41, 5.74) is 2.01. The third kappa shape index (κ3) is 12.8. The molecule has 216 valence electrons. The Kier molecular flexibility index (Phi) is 14.9. The van der Waals surface area contributed by atoms with Crippen LogP contribution >= 0.6 is 0 Å². The first-order valence-corrected chi connectivity index (χ1v) is 13.7. The first-order chi connectivity index (χ1) is 19.3. The van der Waals surface area contributed by atoms with E-state index in [0.717, 1.165) is 23.3 Å². The van der Waals surface area contributed by atoms with Crippen molar-refractivity contribution in [2.24, 2.45) is 5.92 Å². The van der Waals surface area contributed by atoms with Gasteiger partial charge < -0.3 is 25.2 Å². The SMILES string of the molecule is C=CCCCC(=O)O[C@@H](C)CNC(=O)[C@H](CC=C)CC(=O)N[C@H](CO)Cc1ccc(OCc2ccccc2)cc1. The monoisotopic (exact) mass is 550 g/mol. The number of aliphatic hydroxyl groups is 1. The van der Waals surface area contributed by atoms with E-state index in [2.05, 4.69) is 23.8 Å². The average Bonchev–Trinajstić information content (AvgIpc) is 2.95. The molecular formula is C32H42N2O6. The smallest absolute Gasteiger partial charge is 0.306 e. The molecule has 40 heavy (non-hydrogen) atoms. The number of carbonyl (C=O) groups excluding carboxylic acids is 3. The maximum atomic E-state index is 12.7. The molecule has 0 aliphatic heterocycles. The Morgan fingerprint density at radius 3 is 2.38 bits per heavy atom. The highest BCUT2D eigenvalue weighted by molar-refractivity contribution is 5.86. The second kappa shape index (κ2) is 18.4. The van der Waals surface area contributed by atoms with Crippen molar-refractivity contribution in [1.29, 1.82) is 0 Å². The van der Waals surface area contributed by atoms with Crippen molar-refractivity contribution in [2.45, 2.75) is 64.2 Å². The van der Waals surface area contributed by atoms with Gasteiger partial charge in [-0.25, -0.2) is 0 Å². The fourth-order valence-electron chi connectivity index (χ4n) is 4.01. The third-order valence-electron chi connectivity index (χ3n) is 6.18. The maximum absolute atomic E-state index is 12.7. The Morgan fingerprint density at radius 1 is 1.00 bits per heavy atom. The number of ether oxygens (including phenoxy) is 2. The van der Waals surface area contributed by atoms with E-state index < -0.39 is 18.1 Å². The van der Waals surface area contributed by atoms with Crippen molar-refractivity contribution < 1.29 is 29.0 Å². The largest absolute Gasteiger partial charge is 0.489 e. The lowest BCUT2D eigenvalue weighted by atomic mass is 9.99. The van der Waals surface area contributed by atoms with Crippen LogP contribution in [0.5, 0.6) is 5.75 Å². The third-order valence-corrected chi connectivity index (χ3v) is 6.18. The number of aliphatic hydroxyl groups excluding tert-OH is 1. The number of hydrogen-bond donors (Lipinski definition) is 3. The highest BCUT2D eigenvalue weighted by atomic mass is 16.5. The van der Waals surface area contributed by atoms with Crippen molar-refractivity contribution in [2.75, 3.05) is 13.2 Å². The summed E-state index contributed by atoms with van der Waals surface area (Å²) in [6, 6.07) is 16.9. The van der Waals surface area contributed by atoms with Crippen LogP contribution in [0.25, 0.3) is 0 Å². The molecular weight excluding hydrogens is 508 g/mol. The van der Waals surface area contributed by atoms with Crippen LogP contribution in [0.3, 0.4) is 0 Å². The number of allylic oxidation sites excluding steroid dienone is 2. The van der Waals surface area contributed by atoms with Gasteiger partial charge in [-0.05, 0) is 55.9 Å². The van der Waals surface area contributed by atoms with Gasteiger partial charge in [0, 0.05) is 12.8 Å². The molecule has 0 unspecified atom stereocenters. The van der Waals surface area contributed by atoms with E-state index in [0.29, 0.717) is 32.3 Å². The van der Waals surface area contributed by atoms with Crippen molar-refractivity contribution in [3.8, 4) is 5.75 Å². The van der Waals surface area contributed by atoms with Crippen LogP contribution in [0.1, 0.15) is 50.2 Å². The van der Waals surface area contributed by atoms with Crippen LogP contribution in [-0.2, 0) is 32.1 Å². The minimum absolute atomic E-state index is 0.0592. The fraction of sp³-hybridized carbons (Fsp3) is 0.406. The van der Waals surface area contributed by atoms with Crippen LogP contribution < -0.4 is 15.4 Å². The number of nitrogens with one attached hydrogen (secondary N) is 2. The van der Waals surface area contributed by atoms with E-state index >= 15 is 0 Å². The average molecular weight is 551 g/mol. The van der Waals surface area contributed by atoms with Crippen molar-refractivity contribution in [3.05, 3.63) is 91.0 Å². The zero-order chi connectivity index (χ0) is 29.2. The van der Waals surface area contributed by atoms with Gasteiger partial charge in [0.2, 0.25) is 11.8 Å². The van der Waals surface area contributed by atoms with Gasteiger partial charge in [0.25, 0.3) is 0 Å². The van der Waals surface area contributed by atoms with Gasteiger partial charge in [-0.1, -0.05) is 54.6 Å². The minimum Gasteiger partial charge on any atom is -0.489 e. The van der Waals surface area contributed by atoms with E-state index in [1.807, 2.05) is 54.6 Å². The highest BCUT2D eigenvalue weighted by Crippen LogP contribution is 2.16. The highest BCUT2D eigenvalue weighted by Gasteiger charge is 2.23. The lowest BCUT2D eigenvalue weighted by molar-refractivity contribution is -0.148. The molecule has 3 N–H and O–H groups in total. The molecule has 0 aliphatic carbocycles. The minimum atomic E-state index is -0.631. The molecule has 2 amide bonds. The number of unbranched alkanes of at least 4 members (excludes halogenated alkanes) is 1. The van der Waals surface area contributed by atoms with Gasteiger partial charge in [0.05, 0.1) is 25.1 Å². The quantitative estimate of drug-likeness (QED) is 0.137. The van der Waals surface area contributed by atoms with Gasteiger partial charge >= 0.3 is 5.97 Å². The van der Waals surface area contributed by atoms with E-state index in [4.69, 9.17) is 9.47 Å². The van der Waals surface area contributed by atoms with Crippen molar-refractivity contribution in [3.63, 3.8) is 0 Å². The molecule has 2 rings (SSSR count). The number of esters is 1. The number of hydrogen-bond acceptors (Lipinski definition) is 6. The molecule has 0 aromatic heterocycles. The molecule has 0 fully saturated rings. The summed E-state index contributed by atoms with van der Waals surface area (Å²) >= 11 is 0. The summed E-state index contributed by atoms with van der Waals surface area (Å²) in [6.45, 7) is 9.39. The molecule has 0 saturated heterocycles. The van der Waals surface area contributed by atoms with Gasteiger partial charge in [0.1, 0.15) is 18.5 Å². The van der Waals surface area contributed by atoms with Crippen LogP contribution in [0, 0.1) is 5.92 Å². The molecule has 8 heteroatoms. The number of carbonyl (C=O) groups is 3. The van der Waals surface area contributed by atoms with Gasteiger partial charge in [-0.2, -0.15) is 0 Å². The Balaban J connectivity index is 1.80. The lowest BCUT2D eigenvalue weighted by Gasteiger charge is -2.20. The molecule has 0 bridgehead atoms. The summed E-state index contributed by atoms with van der Waals surface area (Å²) in [5, 5.41) is 15.4. The zero-order valence-electron chi connectivity index (χ0n) is 23.3. The predicted molar refractivity (Wildman–Crippen MR) is 155 cm³/mol. The van der Waals surface area contributed by atoms with Crippen LogP contribution in [0.2, 0.25) is 0 Å². The summed E-state index contributed by atoms with van der Waals surface area (Å²) in [6.07, 6.45) is 5.21. The van der Waals surface area contributed by atoms with Crippen molar-refractivity contribution in [1.82, 2.24) is 10.6 Å². The number of amides is 2. The summed E-state index contributed by atoms with van der Waals surface area (Å²) in [5.74, 6) is -0.891. The molecule has 0 radical (unpaired) electrons. The number of benzene rings is 2. The number of rotatable bonds is 19. The topological polar surface area (TPSA) is 114 Å². The Labute approximate surface area is 237 Å². The molecule has 2 aromatic rings. The van der Waals surface area contributed by atoms with Gasteiger partial charge in [-0.15, -0.1) is 13.2 Å². The first kappa shape index (κ1) is 32.3. The lowest BCUT2D eigenvalue weighted by Crippen LogP contribution is -2.42. The van der Waals surface area contributed by atoms with E-state index in [9.17, 15) is 19.5 Å². The standard InChI is InChI=1S/C32H42N2O6/c1-4-6-8-14-31(37)40-24(3)21-33-32(38)27(11-5-2)20-30(36)34-28(22-35)19-25-15-17-29(18-16-25)39-23-26-12-9-7-10-13-26/h4-5,7,9-10,12-13,15-18,24,27-28,35H,1-2,6,8,11,14,19-23H2,3H3,(H,33,38)(H,34,36)/t24-,27+,28-/m0/s1. The van der Waals surface area contributed by atoms with Crippen LogP contribution in [-0.4, -0.2) is 48.2 Å². The second-order valence-electron chi connectivity index (χ2n) is 9.72. The molecule has 0 heterocycles. The maximum Gasteiger partial charge on any atom is 0.306 e. The molecule has 0 spiro atoms. The predicted octanol–water partition coefficient (Wildman–Crippen LogP) is 4.27. The van der Waals surface area contributed by atoms with Crippen LogP contribution in [0.15, 0.2) is 79.9 Å². The van der Waals surface area contributed by atoms with Crippen LogP contribution in [0.4, 0.5) is 0 Å². The summed E-state index contributed by atoms with van der Waals surface area (Å²) < 4.78 is 11.1. The Bertz CT molecular complexity index is 1070. The first-order valence-electron chi connectivity index (χ1n) is 13.7. The van der Waals surface area contributed by atoms with Crippen molar-refractivity contribution >= 4 is 17.8 Å². The normalized spacial score (nSPS) is 12.8. The summed E-state index contributed by atoms with van der Waals surface area (Å²) in [4.78, 5) is 37.3. The van der Waals surface area contributed by atoms with Gasteiger partial charge in [0.15, 0.2) is 0 Å². The molecule has 3 atom stereocenters. The molecule has 0 aliphatic rings. The Hall–Kier alpha value is -3.91. The van der Waals surface area contributed by atoms with E-state index in [1.165, 1.54) is 0 Å². The molecule has 8 nitrogen and oxygen atoms in total. The fourth-order valence-corrected chi connectivity index (χ4v) is 4.01. The van der Waals surface area contributed by atoms with Gasteiger partial charge in [-0.3, -0.25) is 14.4 Å². The Morgan fingerprint density at radius 2 is 1.73 bits per heavy atom. The molecule has 0 saturated carbocycles. The van der Waals surface area contributed by atoms with E-state index in [-0.39, 0.29) is 37.4 Å². The second-order valence-corrected chi connectivity index (χ2v) is 9.72. The summed E-state index contributed by atoms with van der Waals surface area (Å²) in [7, 11) is 0. The molecule has 2 aromatic carbocycles. The van der Waals surface area contributed by atoms with E-state index in [1.54, 1.807) is 19.1 Å². The zero-order valence-corrected chi connectivity index (χ0v) is 23.3.